The Bertz CT molecular complexity index is 1170. The number of hydrogen-bond acceptors (Lipinski definition) is 5. The second kappa shape index (κ2) is 9.54. The molecule has 2 aromatic carbocycles. The molecule has 2 heterocycles. The van der Waals surface area contributed by atoms with E-state index in [2.05, 4.69) is 10.3 Å². The van der Waals surface area contributed by atoms with E-state index in [1.54, 1.807) is 30.7 Å². The lowest BCUT2D eigenvalue weighted by Crippen LogP contribution is -2.35. The van der Waals surface area contributed by atoms with Crippen LogP contribution < -0.4 is 10.1 Å². The van der Waals surface area contributed by atoms with Crippen molar-refractivity contribution < 1.29 is 17.9 Å². The molecule has 0 spiro atoms. The van der Waals surface area contributed by atoms with Gasteiger partial charge < -0.3 is 14.6 Å². The molecule has 0 unspecified atom stereocenters. The van der Waals surface area contributed by atoms with Crippen LogP contribution in [0.15, 0.2) is 66.1 Å². The van der Waals surface area contributed by atoms with E-state index < -0.39 is 10.0 Å². The highest BCUT2D eigenvalue weighted by molar-refractivity contribution is 7.89. The van der Waals surface area contributed by atoms with E-state index in [9.17, 15) is 13.2 Å². The molecule has 168 valence electrons. The summed E-state index contributed by atoms with van der Waals surface area (Å²) in [6.45, 7) is 1.69. The van der Waals surface area contributed by atoms with Gasteiger partial charge in [-0.3, -0.25) is 4.79 Å². The fourth-order valence-corrected chi connectivity index (χ4v) is 5.29. The fourth-order valence-electron chi connectivity index (χ4n) is 3.75. The average molecular weight is 455 g/mol. The zero-order chi connectivity index (χ0) is 22.6. The molecule has 9 heteroatoms. The second-order valence-corrected chi connectivity index (χ2v) is 9.65. The lowest BCUT2D eigenvalue weighted by molar-refractivity contribution is 0.102. The molecule has 1 saturated heterocycles. The Labute approximate surface area is 187 Å². The van der Waals surface area contributed by atoms with Gasteiger partial charge in [-0.15, -0.1) is 0 Å². The number of anilines is 1. The van der Waals surface area contributed by atoms with Crippen LogP contribution in [-0.4, -0.2) is 48.4 Å². The molecule has 0 radical (unpaired) electrons. The second-order valence-electron chi connectivity index (χ2n) is 7.71. The van der Waals surface area contributed by atoms with Gasteiger partial charge in [0, 0.05) is 37.6 Å². The van der Waals surface area contributed by atoms with Crippen molar-refractivity contribution in [3.8, 4) is 5.75 Å². The highest BCUT2D eigenvalue weighted by atomic mass is 32.2. The van der Waals surface area contributed by atoms with Crippen molar-refractivity contribution in [1.29, 1.82) is 0 Å². The summed E-state index contributed by atoms with van der Waals surface area (Å²) in [7, 11) is -2.14. The summed E-state index contributed by atoms with van der Waals surface area (Å²) in [5, 5.41) is 2.80. The maximum absolute atomic E-state index is 13.0. The van der Waals surface area contributed by atoms with Crippen molar-refractivity contribution in [3.63, 3.8) is 0 Å². The van der Waals surface area contributed by atoms with Gasteiger partial charge in [0.1, 0.15) is 5.75 Å². The summed E-state index contributed by atoms with van der Waals surface area (Å²) in [5.74, 6) is 0.0534. The highest BCUT2D eigenvalue weighted by Gasteiger charge is 2.27. The molecular formula is C23H26N4O4S. The van der Waals surface area contributed by atoms with Crippen molar-refractivity contribution >= 4 is 21.6 Å². The zero-order valence-electron chi connectivity index (χ0n) is 17.9. The van der Waals surface area contributed by atoms with Gasteiger partial charge in [0.15, 0.2) is 0 Å². The third-order valence-corrected chi connectivity index (χ3v) is 7.41. The molecule has 3 aromatic rings. The van der Waals surface area contributed by atoms with Crippen LogP contribution in [0, 0.1) is 0 Å². The molecule has 1 aromatic heterocycles. The lowest BCUT2D eigenvalue weighted by atomic mass is 10.1. The van der Waals surface area contributed by atoms with Crippen molar-refractivity contribution in [1.82, 2.24) is 13.9 Å². The summed E-state index contributed by atoms with van der Waals surface area (Å²) < 4.78 is 34.8. The quantitative estimate of drug-likeness (QED) is 0.591. The minimum Gasteiger partial charge on any atom is -0.495 e. The SMILES string of the molecule is COc1ccc(S(=O)(=O)N2CCCCC2)cc1NC(=O)c1ccc(Cn2ccnc2)cc1. The molecule has 8 nitrogen and oxygen atoms in total. The predicted molar refractivity (Wildman–Crippen MR) is 121 cm³/mol. The number of aromatic nitrogens is 2. The first-order valence-electron chi connectivity index (χ1n) is 10.5. The summed E-state index contributed by atoms with van der Waals surface area (Å²) in [5.41, 5.74) is 1.82. The van der Waals surface area contributed by atoms with Gasteiger partial charge in [0.2, 0.25) is 10.0 Å². The monoisotopic (exact) mass is 454 g/mol. The molecule has 0 bridgehead atoms. The number of piperidine rings is 1. The van der Waals surface area contributed by atoms with Gasteiger partial charge in [0.25, 0.3) is 5.91 Å². The molecular weight excluding hydrogens is 428 g/mol. The maximum atomic E-state index is 13.0. The summed E-state index contributed by atoms with van der Waals surface area (Å²) in [4.78, 5) is 17.0. The molecule has 1 amide bonds. The Morgan fingerprint density at radius 1 is 1.09 bits per heavy atom. The Morgan fingerprint density at radius 2 is 1.84 bits per heavy atom. The Hall–Kier alpha value is -3.17. The van der Waals surface area contributed by atoms with Gasteiger partial charge in [-0.05, 0) is 48.7 Å². The number of imidazole rings is 1. The number of carbonyl (C=O) groups excluding carboxylic acids is 1. The molecule has 0 aliphatic carbocycles. The van der Waals surface area contributed by atoms with Crippen LogP contribution in [0.5, 0.6) is 5.75 Å². The Balaban J connectivity index is 1.52. The Kier molecular flexibility index (Phi) is 6.57. The minimum absolute atomic E-state index is 0.145. The molecule has 4 rings (SSSR count). The molecule has 1 aliphatic heterocycles. The normalized spacial score (nSPS) is 14.8. The Morgan fingerprint density at radius 3 is 2.50 bits per heavy atom. The van der Waals surface area contributed by atoms with E-state index in [1.165, 1.54) is 23.5 Å². The lowest BCUT2D eigenvalue weighted by Gasteiger charge is -2.26. The van der Waals surface area contributed by atoms with Crippen LogP contribution in [-0.2, 0) is 16.6 Å². The van der Waals surface area contributed by atoms with Crippen molar-refractivity contribution in [3.05, 3.63) is 72.3 Å². The number of carbonyl (C=O) groups is 1. The molecule has 32 heavy (non-hydrogen) atoms. The smallest absolute Gasteiger partial charge is 0.255 e. The number of nitrogens with zero attached hydrogens (tertiary/aromatic N) is 3. The van der Waals surface area contributed by atoms with Crippen molar-refractivity contribution in [2.24, 2.45) is 0 Å². The van der Waals surface area contributed by atoms with E-state index in [0.717, 1.165) is 24.8 Å². The fraction of sp³-hybridized carbons (Fsp3) is 0.304. The predicted octanol–water partition coefficient (Wildman–Crippen LogP) is 3.37. The third kappa shape index (κ3) is 4.84. The van der Waals surface area contributed by atoms with E-state index in [-0.39, 0.29) is 10.8 Å². The number of ether oxygens (including phenoxy) is 1. The van der Waals surface area contributed by atoms with Crippen LogP contribution >= 0.6 is 0 Å². The van der Waals surface area contributed by atoms with Crippen molar-refractivity contribution in [2.75, 3.05) is 25.5 Å². The van der Waals surface area contributed by atoms with E-state index in [4.69, 9.17) is 4.74 Å². The van der Waals surface area contributed by atoms with Gasteiger partial charge in [-0.25, -0.2) is 13.4 Å². The minimum atomic E-state index is -3.62. The van der Waals surface area contributed by atoms with Crippen molar-refractivity contribution in [2.45, 2.75) is 30.7 Å². The molecule has 0 atom stereocenters. The topological polar surface area (TPSA) is 93.5 Å². The largest absolute Gasteiger partial charge is 0.495 e. The van der Waals surface area contributed by atoms with E-state index in [0.29, 0.717) is 36.6 Å². The number of methoxy groups -OCH3 is 1. The van der Waals surface area contributed by atoms with Gasteiger partial charge in [-0.2, -0.15) is 4.31 Å². The van der Waals surface area contributed by atoms with Gasteiger partial charge in [-0.1, -0.05) is 18.6 Å². The van der Waals surface area contributed by atoms with E-state index in [1.807, 2.05) is 22.9 Å². The number of rotatable bonds is 7. The number of benzene rings is 2. The van der Waals surface area contributed by atoms with Crippen LogP contribution in [0.4, 0.5) is 5.69 Å². The molecule has 1 N–H and O–H groups in total. The number of hydrogen-bond donors (Lipinski definition) is 1. The number of nitrogens with one attached hydrogen (secondary N) is 1. The average Bonchev–Trinajstić information content (AvgIpc) is 3.33. The first kappa shape index (κ1) is 22.0. The van der Waals surface area contributed by atoms with Crippen LogP contribution in [0.25, 0.3) is 0 Å². The molecule has 1 fully saturated rings. The first-order valence-corrected chi connectivity index (χ1v) is 12.0. The molecule has 0 saturated carbocycles. The van der Waals surface area contributed by atoms with Crippen LogP contribution in [0.1, 0.15) is 35.2 Å². The summed E-state index contributed by atoms with van der Waals surface area (Å²) >= 11 is 0. The summed E-state index contributed by atoms with van der Waals surface area (Å²) in [6, 6.07) is 11.8. The van der Waals surface area contributed by atoms with Crippen LogP contribution in [0.3, 0.4) is 0 Å². The standard InChI is InChI=1S/C23H26N4O4S/c1-31-22-10-9-20(32(29,30)27-12-3-2-4-13-27)15-21(22)25-23(28)19-7-5-18(6-8-19)16-26-14-11-24-17-26/h5-11,14-15,17H,2-4,12-13,16H2,1H3,(H,25,28). The zero-order valence-corrected chi connectivity index (χ0v) is 18.7. The maximum Gasteiger partial charge on any atom is 0.255 e. The summed E-state index contributed by atoms with van der Waals surface area (Å²) in [6.07, 6.45) is 8.08. The van der Waals surface area contributed by atoms with Gasteiger partial charge in [0.05, 0.1) is 24.0 Å². The number of amides is 1. The first-order chi connectivity index (χ1) is 15.5. The third-order valence-electron chi connectivity index (χ3n) is 5.51. The van der Waals surface area contributed by atoms with E-state index >= 15 is 0 Å². The van der Waals surface area contributed by atoms with Crippen LogP contribution in [0.2, 0.25) is 0 Å². The number of sulfonamides is 1. The molecule has 1 aliphatic rings. The highest BCUT2D eigenvalue weighted by Crippen LogP contribution is 2.30. The van der Waals surface area contributed by atoms with Gasteiger partial charge >= 0.3 is 0 Å².